The molecule has 178 valence electrons. The van der Waals surface area contributed by atoms with E-state index in [0.717, 1.165) is 37.2 Å². The van der Waals surface area contributed by atoms with Gasteiger partial charge in [0.05, 0.1) is 18.4 Å². The third kappa shape index (κ3) is 6.42. The van der Waals surface area contributed by atoms with Crippen LogP contribution in [-0.4, -0.2) is 77.8 Å². The SMILES string of the molecule is CN(Cc1ccc(OCCCN2CCCC2=O)cc1)CC1(O)CCN(c2ccc(F)cn2)C1. The number of aliphatic hydroxyl groups is 1. The molecule has 3 heterocycles. The second-order valence-corrected chi connectivity index (χ2v) is 9.23. The highest BCUT2D eigenvalue weighted by Gasteiger charge is 2.37. The van der Waals surface area contributed by atoms with E-state index < -0.39 is 5.60 Å². The quantitative estimate of drug-likeness (QED) is 0.555. The Labute approximate surface area is 194 Å². The number of halogens is 1. The number of rotatable bonds is 10. The van der Waals surface area contributed by atoms with Crippen LogP contribution in [0.3, 0.4) is 0 Å². The van der Waals surface area contributed by atoms with Crippen LogP contribution in [0.25, 0.3) is 0 Å². The molecule has 0 saturated carbocycles. The maximum Gasteiger partial charge on any atom is 0.222 e. The minimum Gasteiger partial charge on any atom is -0.494 e. The molecule has 0 spiro atoms. The van der Waals surface area contributed by atoms with Crippen molar-refractivity contribution in [1.29, 1.82) is 0 Å². The zero-order chi connectivity index (χ0) is 23.3. The summed E-state index contributed by atoms with van der Waals surface area (Å²) >= 11 is 0. The Hall–Kier alpha value is -2.71. The maximum absolute atomic E-state index is 13.1. The molecule has 2 aliphatic rings. The predicted octanol–water partition coefficient (Wildman–Crippen LogP) is 2.69. The molecule has 1 atom stereocenters. The van der Waals surface area contributed by atoms with Crippen LogP contribution >= 0.6 is 0 Å². The average molecular weight is 457 g/mol. The molecule has 4 rings (SSSR count). The second kappa shape index (κ2) is 10.5. The number of anilines is 1. The molecule has 33 heavy (non-hydrogen) atoms. The molecule has 0 radical (unpaired) electrons. The highest BCUT2D eigenvalue weighted by Crippen LogP contribution is 2.27. The minimum absolute atomic E-state index is 0.255. The van der Waals surface area contributed by atoms with Gasteiger partial charge in [0.1, 0.15) is 17.4 Å². The number of carbonyl (C=O) groups excluding carboxylic acids is 1. The monoisotopic (exact) mass is 456 g/mol. The van der Waals surface area contributed by atoms with Crippen molar-refractivity contribution in [2.75, 3.05) is 51.3 Å². The second-order valence-electron chi connectivity index (χ2n) is 9.23. The van der Waals surface area contributed by atoms with Crippen LogP contribution in [0.2, 0.25) is 0 Å². The van der Waals surface area contributed by atoms with Crippen molar-refractivity contribution < 1.29 is 19.0 Å². The highest BCUT2D eigenvalue weighted by atomic mass is 19.1. The van der Waals surface area contributed by atoms with E-state index in [1.165, 1.54) is 12.3 Å². The van der Waals surface area contributed by atoms with Gasteiger partial charge in [0.2, 0.25) is 5.91 Å². The molecule has 8 heteroatoms. The van der Waals surface area contributed by atoms with Gasteiger partial charge >= 0.3 is 0 Å². The number of β-amino-alcohol motifs (C(OH)–C–C–N with tert-alkyl or cyclic N) is 1. The van der Waals surface area contributed by atoms with Gasteiger partial charge in [-0.05, 0) is 56.1 Å². The van der Waals surface area contributed by atoms with Crippen molar-refractivity contribution in [3.63, 3.8) is 0 Å². The van der Waals surface area contributed by atoms with Gasteiger partial charge in [-0.1, -0.05) is 12.1 Å². The van der Waals surface area contributed by atoms with Gasteiger partial charge in [0, 0.05) is 45.7 Å². The summed E-state index contributed by atoms with van der Waals surface area (Å²) in [6.45, 7) is 4.66. The molecule has 7 nitrogen and oxygen atoms in total. The first kappa shape index (κ1) is 23.4. The Bertz CT molecular complexity index is 924. The Kier molecular flexibility index (Phi) is 7.45. The third-order valence-electron chi connectivity index (χ3n) is 6.32. The van der Waals surface area contributed by atoms with Crippen LogP contribution in [0.4, 0.5) is 10.2 Å². The van der Waals surface area contributed by atoms with Crippen molar-refractivity contribution in [3.8, 4) is 5.75 Å². The van der Waals surface area contributed by atoms with E-state index in [1.54, 1.807) is 6.07 Å². The van der Waals surface area contributed by atoms with E-state index in [2.05, 4.69) is 9.88 Å². The molecule has 1 aromatic heterocycles. The van der Waals surface area contributed by atoms with Crippen LogP contribution in [0.15, 0.2) is 42.6 Å². The molecule has 2 saturated heterocycles. The molecular formula is C25H33FN4O3. The van der Waals surface area contributed by atoms with Crippen molar-refractivity contribution in [1.82, 2.24) is 14.8 Å². The molecule has 0 bridgehead atoms. The van der Waals surface area contributed by atoms with Crippen LogP contribution in [-0.2, 0) is 11.3 Å². The fraction of sp³-hybridized carbons (Fsp3) is 0.520. The normalized spacial score (nSPS) is 20.8. The largest absolute Gasteiger partial charge is 0.494 e. The number of likely N-dealkylation sites (tertiary alicyclic amines) is 1. The Morgan fingerprint density at radius 3 is 2.73 bits per heavy atom. The third-order valence-corrected chi connectivity index (χ3v) is 6.32. The van der Waals surface area contributed by atoms with Crippen LogP contribution in [0.1, 0.15) is 31.2 Å². The predicted molar refractivity (Wildman–Crippen MR) is 125 cm³/mol. The molecule has 1 unspecified atom stereocenters. The molecule has 0 aliphatic carbocycles. The Morgan fingerprint density at radius 1 is 1.21 bits per heavy atom. The number of likely N-dealkylation sites (N-methyl/N-ethyl adjacent to an activating group) is 1. The fourth-order valence-corrected chi connectivity index (χ4v) is 4.68. The molecule has 2 fully saturated rings. The van der Waals surface area contributed by atoms with E-state index in [-0.39, 0.29) is 11.7 Å². The van der Waals surface area contributed by atoms with Crippen LogP contribution in [0, 0.1) is 5.82 Å². The van der Waals surface area contributed by atoms with E-state index in [9.17, 15) is 14.3 Å². The molecule has 1 N–H and O–H groups in total. The van der Waals surface area contributed by atoms with Crippen molar-refractivity contribution in [2.45, 2.75) is 37.8 Å². The van der Waals surface area contributed by atoms with Gasteiger partial charge in [-0.15, -0.1) is 0 Å². The number of carbonyl (C=O) groups is 1. The Balaban J connectivity index is 1.19. The smallest absolute Gasteiger partial charge is 0.222 e. The lowest BCUT2D eigenvalue weighted by atomic mass is 10.0. The summed E-state index contributed by atoms with van der Waals surface area (Å²) < 4.78 is 18.9. The molecule has 1 amide bonds. The van der Waals surface area contributed by atoms with Crippen LogP contribution < -0.4 is 9.64 Å². The van der Waals surface area contributed by atoms with Gasteiger partial charge < -0.3 is 19.6 Å². The molecule has 1 aromatic carbocycles. The van der Waals surface area contributed by atoms with Gasteiger partial charge in [0.15, 0.2) is 0 Å². The first-order valence-electron chi connectivity index (χ1n) is 11.7. The molecule has 2 aliphatic heterocycles. The summed E-state index contributed by atoms with van der Waals surface area (Å²) in [5, 5.41) is 11.1. The summed E-state index contributed by atoms with van der Waals surface area (Å²) in [4.78, 5) is 21.8. The number of pyridine rings is 1. The van der Waals surface area contributed by atoms with Crippen molar-refractivity contribution in [3.05, 3.63) is 54.0 Å². The summed E-state index contributed by atoms with van der Waals surface area (Å²) in [5.41, 5.74) is 0.316. The topological polar surface area (TPSA) is 69.1 Å². The number of amides is 1. The average Bonchev–Trinajstić information content (AvgIpc) is 3.38. The van der Waals surface area contributed by atoms with Crippen LogP contribution in [0.5, 0.6) is 5.75 Å². The zero-order valence-electron chi connectivity index (χ0n) is 19.3. The first-order valence-corrected chi connectivity index (χ1v) is 11.7. The lowest BCUT2D eigenvalue weighted by Crippen LogP contribution is -2.43. The first-order chi connectivity index (χ1) is 15.9. The number of ether oxygens (including phenoxy) is 1. The van der Waals surface area contributed by atoms with Gasteiger partial charge in [-0.2, -0.15) is 0 Å². The number of nitrogens with zero attached hydrogens (tertiary/aromatic N) is 4. The zero-order valence-corrected chi connectivity index (χ0v) is 19.3. The lowest BCUT2D eigenvalue weighted by Gasteiger charge is -2.29. The summed E-state index contributed by atoms with van der Waals surface area (Å²) in [6, 6.07) is 11.1. The van der Waals surface area contributed by atoms with Gasteiger partial charge in [0.25, 0.3) is 0 Å². The number of aromatic nitrogens is 1. The van der Waals surface area contributed by atoms with Crippen molar-refractivity contribution in [2.24, 2.45) is 0 Å². The number of benzene rings is 1. The Morgan fingerprint density at radius 2 is 2.03 bits per heavy atom. The minimum atomic E-state index is -0.829. The summed E-state index contributed by atoms with van der Waals surface area (Å²) in [5.74, 6) is 1.41. The van der Waals surface area contributed by atoms with E-state index >= 15 is 0 Å². The van der Waals surface area contributed by atoms with Gasteiger partial charge in [-0.3, -0.25) is 9.69 Å². The van der Waals surface area contributed by atoms with Gasteiger partial charge in [-0.25, -0.2) is 9.37 Å². The maximum atomic E-state index is 13.1. The molecule has 2 aromatic rings. The standard InChI is InChI=1S/C25H33FN4O3/c1-28(18-25(32)11-14-30(19-25)23-10-7-21(26)16-27-23)17-20-5-8-22(9-6-20)33-15-3-13-29-12-2-4-24(29)31/h5-10,16,32H,2-4,11-15,17-19H2,1H3. The fourth-order valence-electron chi connectivity index (χ4n) is 4.68. The van der Waals surface area contributed by atoms with E-state index in [1.807, 2.05) is 41.1 Å². The highest BCUT2D eigenvalue weighted by molar-refractivity contribution is 5.77. The summed E-state index contributed by atoms with van der Waals surface area (Å²) in [7, 11) is 2.00. The van der Waals surface area contributed by atoms with Crippen molar-refractivity contribution >= 4 is 11.7 Å². The van der Waals surface area contributed by atoms with E-state index in [0.29, 0.717) is 51.4 Å². The van der Waals surface area contributed by atoms with E-state index in [4.69, 9.17) is 4.74 Å². The number of hydrogen-bond donors (Lipinski definition) is 1. The molecular weight excluding hydrogens is 423 g/mol. The summed E-state index contributed by atoms with van der Waals surface area (Å²) in [6.07, 6.45) is 4.33. The lowest BCUT2D eigenvalue weighted by molar-refractivity contribution is -0.127. The number of hydrogen-bond acceptors (Lipinski definition) is 6.